The topological polar surface area (TPSA) is 95.1 Å². The summed E-state index contributed by atoms with van der Waals surface area (Å²) in [6, 6.07) is 16.8. The fraction of sp³-hybridized carbons (Fsp3) is 0.300. The van der Waals surface area contributed by atoms with E-state index in [-0.39, 0.29) is 54.1 Å². The van der Waals surface area contributed by atoms with E-state index in [1.807, 2.05) is 0 Å². The lowest BCUT2D eigenvalue weighted by molar-refractivity contribution is -0.137. The van der Waals surface area contributed by atoms with Gasteiger partial charge in [-0.2, -0.15) is 0 Å². The number of hydrogen-bond donors (Lipinski definition) is 0. The molecule has 2 heterocycles. The van der Waals surface area contributed by atoms with Crippen LogP contribution in [0.2, 0.25) is 0 Å². The largest absolute Gasteiger partial charge is 0.338 e. The van der Waals surface area contributed by atoms with Crippen molar-refractivity contribution in [1.29, 1.82) is 0 Å². The molecule has 41 heavy (non-hydrogen) atoms. The van der Waals surface area contributed by atoms with Gasteiger partial charge in [-0.1, -0.05) is 36.4 Å². The minimum absolute atomic E-state index is 0.181. The number of sulfone groups is 1. The van der Waals surface area contributed by atoms with Crippen molar-refractivity contribution in [3.8, 4) is 0 Å². The summed E-state index contributed by atoms with van der Waals surface area (Å²) in [5, 5.41) is 0. The molecule has 8 nitrogen and oxygen atoms in total. The molecule has 0 saturated carbocycles. The van der Waals surface area contributed by atoms with Gasteiger partial charge in [0.25, 0.3) is 11.8 Å². The predicted octanol–water partition coefficient (Wildman–Crippen LogP) is 3.30. The maximum absolute atomic E-state index is 13.8. The van der Waals surface area contributed by atoms with Gasteiger partial charge in [0, 0.05) is 32.4 Å². The second-order valence-corrected chi connectivity index (χ2v) is 12.6. The van der Waals surface area contributed by atoms with Crippen molar-refractivity contribution in [2.45, 2.75) is 18.5 Å². The molecule has 1 atom stereocenters. The first-order valence-electron chi connectivity index (χ1n) is 13.2. The normalized spacial score (nSPS) is 16.8. The fourth-order valence-electron chi connectivity index (χ4n) is 5.50. The summed E-state index contributed by atoms with van der Waals surface area (Å²) in [6.45, 7) is 1.28. The van der Waals surface area contributed by atoms with Gasteiger partial charge >= 0.3 is 0 Å². The molecule has 1 fully saturated rings. The monoisotopic (exact) mass is 581 g/mol. The molecule has 3 aromatic carbocycles. The minimum atomic E-state index is -3.48. The Morgan fingerprint density at radius 1 is 0.780 bits per heavy atom. The number of piperazine rings is 1. The van der Waals surface area contributed by atoms with E-state index in [1.54, 1.807) is 41.3 Å². The lowest BCUT2D eigenvalue weighted by atomic mass is 9.96. The van der Waals surface area contributed by atoms with E-state index in [9.17, 15) is 31.6 Å². The van der Waals surface area contributed by atoms with Crippen molar-refractivity contribution in [3.05, 3.63) is 107 Å². The number of fused-ring (bicyclic) bond motifs is 1. The molecule has 5 rings (SSSR count). The highest BCUT2D eigenvalue weighted by Gasteiger charge is 2.44. The van der Waals surface area contributed by atoms with Crippen LogP contribution in [-0.4, -0.2) is 85.1 Å². The van der Waals surface area contributed by atoms with Crippen LogP contribution in [0.5, 0.6) is 0 Å². The van der Waals surface area contributed by atoms with E-state index >= 15 is 0 Å². The number of carbonyl (C=O) groups excluding carboxylic acids is 3. The SMILES string of the molecule is CS(=O)(=O)CC[C@@H](C(=O)N1CCN(C(c2ccc(F)cc2)c2ccc(F)cc2)CC1)N1C(=O)c2ccccc2C1=O. The van der Waals surface area contributed by atoms with Crippen molar-refractivity contribution < 1.29 is 31.6 Å². The van der Waals surface area contributed by atoms with Gasteiger partial charge in [0.1, 0.15) is 27.5 Å². The summed E-state index contributed by atoms with van der Waals surface area (Å²) >= 11 is 0. The van der Waals surface area contributed by atoms with Crippen LogP contribution in [0, 0.1) is 11.6 Å². The van der Waals surface area contributed by atoms with Gasteiger partial charge < -0.3 is 4.90 Å². The van der Waals surface area contributed by atoms with Crippen LogP contribution in [0.15, 0.2) is 72.8 Å². The summed E-state index contributed by atoms with van der Waals surface area (Å²) < 4.78 is 51.3. The van der Waals surface area contributed by atoms with E-state index in [0.717, 1.165) is 22.3 Å². The van der Waals surface area contributed by atoms with E-state index in [1.165, 1.54) is 36.4 Å². The maximum atomic E-state index is 13.8. The number of halogens is 2. The third-order valence-corrected chi connectivity index (χ3v) is 8.52. The molecule has 0 N–H and O–H groups in total. The average Bonchev–Trinajstić information content (AvgIpc) is 3.20. The second-order valence-electron chi connectivity index (χ2n) is 10.3. The smallest absolute Gasteiger partial charge is 0.262 e. The highest BCUT2D eigenvalue weighted by Crippen LogP contribution is 2.31. The quantitative estimate of drug-likeness (QED) is 0.379. The lowest BCUT2D eigenvalue weighted by Crippen LogP contribution is -2.56. The van der Waals surface area contributed by atoms with Crippen molar-refractivity contribution >= 4 is 27.6 Å². The van der Waals surface area contributed by atoms with E-state index < -0.39 is 33.6 Å². The summed E-state index contributed by atoms with van der Waals surface area (Å²) in [6.07, 6.45) is 0.831. The molecule has 11 heteroatoms. The third kappa shape index (κ3) is 6.06. The second kappa shape index (κ2) is 11.5. The first-order chi connectivity index (χ1) is 19.5. The molecule has 0 radical (unpaired) electrons. The number of amides is 3. The highest BCUT2D eigenvalue weighted by atomic mass is 32.2. The molecule has 3 amide bonds. The molecule has 214 valence electrons. The molecular weight excluding hydrogens is 552 g/mol. The van der Waals surface area contributed by atoms with Gasteiger partial charge in [0.2, 0.25) is 5.91 Å². The molecule has 0 aromatic heterocycles. The summed E-state index contributed by atoms with van der Waals surface area (Å²) in [4.78, 5) is 44.7. The Balaban J connectivity index is 1.37. The standard InChI is InChI=1S/C30H29F2N3O5S/c1-41(39,40)19-14-26(35-28(36)24-4-2-3-5-25(24)29(35)37)30(38)34-17-15-33(16-18-34)27(20-6-10-22(31)11-7-20)21-8-12-23(32)13-9-21/h2-13,26-27H,14-19H2,1H3/t26-/m0/s1. The van der Waals surface area contributed by atoms with Crippen LogP contribution in [0.1, 0.15) is 44.3 Å². The van der Waals surface area contributed by atoms with Gasteiger partial charge in [-0.05, 0) is 53.9 Å². The Morgan fingerprint density at radius 2 is 1.24 bits per heavy atom. The van der Waals surface area contributed by atoms with Gasteiger partial charge in [-0.25, -0.2) is 17.2 Å². The molecule has 1 saturated heterocycles. The first kappa shape index (κ1) is 28.6. The van der Waals surface area contributed by atoms with Gasteiger partial charge in [0.05, 0.1) is 22.9 Å². The van der Waals surface area contributed by atoms with Crippen molar-refractivity contribution in [2.75, 3.05) is 38.2 Å². The van der Waals surface area contributed by atoms with Crippen LogP contribution in [0.4, 0.5) is 8.78 Å². The lowest BCUT2D eigenvalue weighted by Gasteiger charge is -2.41. The van der Waals surface area contributed by atoms with Crippen molar-refractivity contribution in [1.82, 2.24) is 14.7 Å². The predicted molar refractivity (Wildman–Crippen MR) is 148 cm³/mol. The van der Waals surface area contributed by atoms with Crippen LogP contribution < -0.4 is 0 Å². The minimum Gasteiger partial charge on any atom is -0.338 e. The summed E-state index contributed by atoms with van der Waals surface area (Å²) in [5.41, 5.74) is 1.96. The number of rotatable bonds is 8. The Labute approximate surface area is 237 Å². The molecule has 2 aliphatic rings. The van der Waals surface area contributed by atoms with E-state index in [0.29, 0.717) is 13.1 Å². The summed E-state index contributed by atoms with van der Waals surface area (Å²) in [7, 11) is -3.48. The molecule has 0 spiro atoms. The van der Waals surface area contributed by atoms with Gasteiger partial charge in [0.15, 0.2) is 0 Å². The number of benzene rings is 3. The summed E-state index contributed by atoms with van der Waals surface area (Å²) in [5.74, 6) is -2.87. The van der Waals surface area contributed by atoms with Crippen LogP contribution in [-0.2, 0) is 14.6 Å². The zero-order chi connectivity index (χ0) is 29.3. The number of nitrogens with zero attached hydrogens (tertiary/aromatic N) is 3. The molecule has 2 aliphatic heterocycles. The molecular formula is C30H29F2N3O5S. The molecule has 0 bridgehead atoms. The van der Waals surface area contributed by atoms with Crippen LogP contribution in [0.25, 0.3) is 0 Å². The molecule has 3 aromatic rings. The Bertz CT molecular complexity index is 1490. The third-order valence-electron chi connectivity index (χ3n) is 7.55. The Kier molecular flexibility index (Phi) is 8.01. The number of hydrogen-bond acceptors (Lipinski definition) is 6. The van der Waals surface area contributed by atoms with Crippen LogP contribution in [0.3, 0.4) is 0 Å². The van der Waals surface area contributed by atoms with Gasteiger partial charge in [-0.3, -0.25) is 24.2 Å². The highest BCUT2D eigenvalue weighted by molar-refractivity contribution is 7.90. The molecule has 0 unspecified atom stereocenters. The van der Waals surface area contributed by atoms with Crippen molar-refractivity contribution in [3.63, 3.8) is 0 Å². The maximum Gasteiger partial charge on any atom is 0.262 e. The average molecular weight is 582 g/mol. The Hall–Kier alpha value is -3.96. The number of imide groups is 1. The van der Waals surface area contributed by atoms with Gasteiger partial charge in [-0.15, -0.1) is 0 Å². The Morgan fingerprint density at radius 3 is 1.68 bits per heavy atom. The van der Waals surface area contributed by atoms with E-state index in [4.69, 9.17) is 0 Å². The first-order valence-corrected chi connectivity index (χ1v) is 15.3. The van der Waals surface area contributed by atoms with Crippen LogP contribution >= 0.6 is 0 Å². The zero-order valence-corrected chi connectivity index (χ0v) is 23.2. The van der Waals surface area contributed by atoms with Crippen molar-refractivity contribution in [2.24, 2.45) is 0 Å². The fourth-order valence-corrected chi connectivity index (χ4v) is 6.15. The van der Waals surface area contributed by atoms with E-state index in [2.05, 4.69) is 4.90 Å². The molecule has 0 aliphatic carbocycles. The zero-order valence-electron chi connectivity index (χ0n) is 22.4. The number of carbonyl (C=O) groups is 3.